The minimum atomic E-state index is -0.462. The number of hydrogen-bond acceptors (Lipinski definition) is 4. The molecule has 1 heterocycles. The lowest BCUT2D eigenvalue weighted by Gasteiger charge is -2.39. The van der Waals surface area contributed by atoms with Gasteiger partial charge in [-0.15, -0.1) is 0 Å². The number of nitrogens with zero attached hydrogens (tertiary/aromatic N) is 2. The number of amides is 3. The van der Waals surface area contributed by atoms with E-state index in [0.29, 0.717) is 0 Å². The van der Waals surface area contributed by atoms with E-state index in [-0.39, 0.29) is 11.9 Å². The number of imide groups is 1. The average molecular weight is 318 g/mol. The van der Waals surface area contributed by atoms with Gasteiger partial charge in [0.05, 0.1) is 6.04 Å². The number of benzene rings is 1. The summed E-state index contributed by atoms with van der Waals surface area (Å²) >= 11 is 0. The summed E-state index contributed by atoms with van der Waals surface area (Å²) in [6, 6.07) is 5.59. The topological polar surface area (TPSA) is 64.7 Å². The molecule has 126 valence electrons. The fourth-order valence-corrected chi connectivity index (χ4v) is 2.87. The van der Waals surface area contributed by atoms with Crippen LogP contribution in [-0.2, 0) is 4.79 Å². The molecule has 1 saturated heterocycles. The van der Waals surface area contributed by atoms with Crippen molar-refractivity contribution >= 4 is 17.6 Å². The van der Waals surface area contributed by atoms with Crippen LogP contribution >= 0.6 is 0 Å². The fraction of sp³-hybridized carbons (Fsp3) is 0.529. The molecule has 1 unspecified atom stereocenters. The quantitative estimate of drug-likeness (QED) is 0.881. The molecular weight excluding hydrogens is 292 g/mol. The van der Waals surface area contributed by atoms with Crippen molar-refractivity contribution in [3.63, 3.8) is 0 Å². The Balaban J connectivity index is 1.94. The monoisotopic (exact) mass is 318 g/mol. The van der Waals surface area contributed by atoms with E-state index in [9.17, 15) is 9.59 Å². The van der Waals surface area contributed by atoms with Gasteiger partial charge in [0, 0.05) is 38.9 Å². The molecule has 3 amide bonds. The fourth-order valence-electron chi connectivity index (χ4n) is 2.87. The zero-order valence-electron chi connectivity index (χ0n) is 14.3. The lowest BCUT2D eigenvalue weighted by Crippen LogP contribution is -2.55. The average Bonchev–Trinajstić information content (AvgIpc) is 2.56. The molecule has 0 radical (unpaired) electrons. The molecule has 1 aliphatic heterocycles. The molecule has 0 saturated carbocycles. The second kappa shape index (κ2) is 7.46. The van der Waals surface area contributed by atoms with Crippen LogP contribution in [0.1, 0.15) is 18.1 Å². The van der Waals surface area contributed by atoms with Crippen LogP contribution < -0.4 is 15.5 Å². The van der Waals surface area contributed by atoms with Gasteiger partial charge in [-0.3, -0.25) is 15.0 Å². The summed E-state index contributed by atoms with van der Waals surface area (Å²) in [6.45, 7) is 9.47. The number of aryl methyl sites for hydroxylation is 1. The minimum absolute atomic E-state index is 0.260. The number of urea groups is 1. The number of anilines is 1. The molecule has 1 atom stereocenters. The van der Waals surface area contributed by atoms with Gasteiger partial charge in [-0.2, -0.15) is 0 Å². The third-order valence-corrected chi connectivity index (χ3v) is 4.62. The first-order valence-corrected chi connectivity index (χ1v) is 8.02. The Hall–Kier alpha value is -2.08. The second-order valence-electron chi connectivity index (χ2n) is 5.99. The van der Waals surface area contributed by atoms with Crippen molar-refractivity contribution in [1.82, 2.24) is 15.5 Å². The Morgan fingerprint density at radius 3 is 2.39 bits per heavy atom. The predicted octanol–water partition coefficient (Wildman–Crippen LogP) is 1.27. The summed E-state index contributed by atoms with van der Waals surface area (Å²) in [5.74, 6) is -0.260. The van der Waals surface area contributed by atoms with Crippen LogP contribution in [0, 0.1) is 13.8 Å². The number of hydrogen-bond donors (Lipinski definition) is 2. The molecule has 1 aliphatic rings. The molecule has 6 nitrogen and oxygen atoms in total. The number of nitrogens with one attached hydrogen (secondary N) is 2. The molecule has 0 spiro atoms. The first-order valence-electron chi connectivity index (χ1n) is 8.02. The van der Waals surface area contributed by atoms with Gasteiger partial charge in [0.1, 0.15) is 0 Å². The van der Waals surface area contributed by atoms with Crippen LogP contribution in [0.15, 0.2) is 18.2 Å². The van der Waals surface area contributed by atoms with Gasteiger partial charge in [0.2, 0.25) is 5.91 Å². The van der Waals surface area contributed by atoms with Crippen LogP contribution in [0.5, 0.6) is 0 Å². The number of piperazine rings is 1. The second-order valence-corrected chi connectivity index (χ2v) is 5.99. The molecule has 1 aromatic rings. The first kappa shape index (κ1) is 17.3. The Labute approximate surface area is 137 Å². The maximum absolute atomic E-state index is 12.0. The van der Waals surface area contributed by atoms with Crippen molar-refractivity contribution in [3.8, 4) is 0 Å². The highest BCUT2D eigenvalue weighted by molar-refractivity contribution is 5.96. The first-order chi connectivity index (χ1) is 10.9. The molecule has 23 heavy (non-hydrogen) atoms. The van der Waals surface area contributed by atoms with E-state index in [0.717, 1.165) is 26.2 Å². The van der Waals surface area contributed by atoms with Gasteiger partial charge in [0.15, 0.2) is 0 Å². The Morgan fingerprint density at radius 1 is 1.13 bits per heavy atom. The van der Waals surface area contributed by atoms with Crippen LogP contribution in [-0.4, -0.2) is 56.1 Å². The summed E-state index contributed by atoms with van der Waals surface area (Å²) < 4.78 is 0. The molecule has 2 N–H and O–H groups in total. The molecule has 0 bridgehead atoms. The van der Waals surface area contributed by atoms with E-state index in [1.807, 2.05) is 6.92 Å². The highest BCUT2D eigenvalue weighted by atomic mass is 16.2. The van der Waals surface area contributed by atoms with Crippen molar-refractivity contribution in [2.75, 3.05) is 38.1 Å². The van der Waals surface area contributed by atoms with E-state index < -0.39 is 6.03 Å². The number of carbonyl (C=O) groups excluding carboxylic acids is 2. The number of rotatable bonds is 3. The van der Waals surface area contributed by atoms with E-state index >= 15 is 0 Å². The van der Waals surface area contributed by atoms with Gasteiger partial charge in [-0.25, -0.2) is 4.79 Å². The normalized spacial score (nSPS) is 16.8. The van der Waals surface area contributed by atoms with E-state index in [1.54, 1.807) is 0 Å². The van der Waals surface area contributed by atoms with Crippen LogP contribution in [0.3, 0.4) is 0 Å². The van der Waals surface area contributed by atoms with Crippen molar-refractivity contribution in [3.05, 3.63) is 29.3 Å². The van der Waals surface area contributed by atoms with E-state index in [1.165, 1.54) is 23.9 Å². The highest BCUT2D eigenvalue weighted by Gasteiger charge is 2.26. The summed E-state index contributed by atoms with van der Waals surface area (Å²) in [7, 11) is 1.50. The molecular formula is C17H26N4O2. The van der Waals surface area contributed by atoms with Crippen molar-refractivity contribution in [1.29, 1.82) is 0 Å². The van der Waals surface area contributed by atoms with Gasteiger partial charge in [-0.05, 0) is 38.0 Å². The van der Waals surface area contributed by atoms with Gasteiger partial charge < -0.3 is 10.2 Å². The van der Waals surface area contributed by atoms with Crippen molar-refractivity contribution in [2.45, 2.75) is 26.8 Å². The SMILES string of the molecule is CNC(=O)NC(=O)C(C)N1CCN(c2cccc(C)c2C)CC1. The summed E-state index contributed by atoms with van der Waals surface area (Å²) in [5.41, 5.74) is 3.88. The molecule has 1 fully saturated rings. The van der Waals surface area contributed by atoms with Gasteiger partial charge >= 0.3 is 6.03 Å². The number of carbonyl (C=O) groups is 2. The summed E-state index contributed by atoms with van der Waals surface area (Å²) in [4.78, 5) is 27.8. The van der Waals surface area contributed by atoms with E-state index in [2.05, 4.69) is 52.5 Å². The van der Waals surface area contributed by atoms with Crippen LogP contribution in [0.2, 0.25) is 0 Å². The predicted molar refractivity (Wildman–Crippen MR) is 91.8 cm³/mol. The van der Waals surface area contributed by atoms with Gasteiger partial charge in [-0.1, -0.05) is 12.1 Å². The van der Waals surface area contributed by atoms with E-state index in [4.69, 9.17) is 0 Å². The highest BCUT2D eigenvalue weighted by Crippen LogP contribution is 2.24. The Kier molecular flexibility index (Phi) is 5.60. The van der Waals surface area contributed by atoms with Crippen LogP contribution in [0.25, 0.3) is 0 Å². The van der Waals surface area contributed by atoms with Crippen LogP contribution in [0.4, 0.5) is 10.5 Å². The Bertz CT molecular complexity index is 580. The maximum Gasteiger partial charge on any atom is 0.321 e. The lowest BCUT2D eigenvalue weighted by atomic mass is 10.1. The van der Waals surface area contributed by atoms with Crippen molar-refractivity contribution < 1.29 is 9.59 Å². The lowest BCUT2D eigenvalue weighted by molar-refractivity contribution is -0.124. The largest absolute Gasteiger partial charge is 0.369 e. The zero-order valence-corrected chi connectivity index (χ0v) is 14.3. The molecule has 2 rings (SSSR count). The summed E-state index contributed by atoms with van der Waals surface area (Å²) in [5, 5.41) is 4.74. The third-order valence-electron chi connectivity index (χ3n) is 4.62. The molecule has 0 aromatic heterocycles. The Morgan fingerprint density at radius 2 is 1.78 bits per heavy atom. The van der Waals surface area contributed by atoms with Crippen molar-refractivity contribution in [2.24, 2.45) is 0 Å². The smallest absolute Gasteiger partial charge is 0.321 e. The molecule has 1 aromatic carbocycles. The standard InChI is InChI=1S/C17H26N4O2/c1-12-6-5-7-15(13(12)2)21-10-8-20(9-11-21)14(3)16(22)19-17(23)18-4/h5-7,14H,8-11H2,1-4H3,(H2,18,19,22,23). The summed E-state index contributed by atoms with van der Waals surface area (Å²) in [6.07, 6.45) is 0. The molecule has 0 aliphatic carbocycles. The maximum atomic E-state index is 12.0. The minimum Gasteiger partial charge on any atom is -0.369 e. The van der Waals surface area contributed by atoms with Gasteiger partial charge in [0.25, 0.3) is 0 Å². The molecule has 6 heteroatoms. The third kappa shape index (κ3) is 4.01. The zero-order chi connectivity index (χ0) is 17.0.